The Morgan fingerprint density at radius 3 is 2.69 bits per heavy atom. The summed E-state index contributed by atoms with van der Waals surface area (Å²) in [5.41, 5.74) is 2.60. The molecule has 148 valence electrons. The maximum atomic E-state index is 13.2. The number of benzene rings is 3. The minimum atomic E-state index is -0.267. The number of nitrogens with one attached hydrogen (secondary N) is 2. The first kappa shape index (κ1) is 18.2. The van der Waals surface area contributed by atoms with Crippen LogP contribution in [-0.2, 0) is 5.54 Å². The van der Waals surface area contributed by atoms with Gasteiger partial charge in [-0.2, -0.15) is 0 Å². The van der Waals surface area contributed by atoms with Crippen molar-refractivity contribution in [2.24, 2.45) is 0 Å². The summed E-state index contributed by atoms with van der Waals surface area (Å²) in [5, 5.41) is 9.10. The van der Waals surface area contributed by atoms with Crippen LogP contribution in [0, 0.1) is 6.92 Å². The molecule has 3 aromatic carbocycles. The average molecular weight is 386 g/mol. The lowest BCUT2D eigenvalue weighted by molar-refractivity contribution is 0.0930. The molecular formula is C25H26N2O2. The quantitative estimate of drug-likeness (QED) is 0.664. The van der Waals surface area contributed by atoms with Crippen LogP contribution in [0.2, 0.25) is 0 Å². The number of ether oxygens (including phenoxy) is 1. The summed E-state index contributed by atoms with van der Waals surface area (Å²) in [4.78, 5) is 13.2. The Hall–Kier alpha value is -2.85. The van der Waals surface area contributed by atoms with Crippen LogP contribution in [-0.4, -0.2) is 25.1 Å². The molecule has 0 spiro atoms. The summed E-state index contributed by atoms with van der Waals surface area (Å²) in [6, 6.07) is 21.0. The Bertz CT molecular complexity index is 1060. The van der Waals surface area contributed by atoms with E-state index in [1.165, 1.54) is 16.3 Å². The summed E-state index contributed by atoms with van der Waals surface area (Å²) >= 11 is 0. The third-order valence-corrected chi connectivity index (χ3v) is 6.24. The van der Waals surface area contributed by atoms with Crippen molar-refractivity contribution in [2.45, 2.75) is 37.8 Å². The van der Waals surface area contributed by atoms with Crippen molar-refractivity contribution >= 4 is 16.7 Å². The number of hydrogen-bond donors (Lipinski definition) is 2. The molecule has 1 aliphatic heterocycles. The minimum absolute atomic E-state index is 0.0276. The van der Waals surface area contributed by atoms with Gasteiger partial charge < -0.3 is 15.4 Å². The third kappa shape index (κ3) is 3.49. The molecule has 2 N–H and O–H groups in total. The number of aryl methyl sites for hydroxylation is 1. The largest absolute Gasteiger partial charge is 0.492 e. The molecule has 0 bridgehead atoms. The van der Waals surface area contributed by atoms with Crippen LogP contribution in [0.5, 0.6) is 5.75 Å². The highest BCUT2D eigenvalue weighted by molar-refractivity contribution is 5.97. The zero-order valence-corrected chi connectivity index (χ0v) is 16.7. The van der Waals surface area contributed by atoms with Gasteiger partial charge in [-0.3, -0.25) is 4.79 Å². The first-order chi connectivity index (χ1) is 14.1. The van der Waals surface area contributed by atoms with Gasteiger partial charge in [-0.15, -0.1) is 0 Å². The Kier molecular flexibility index (Phi) is 4.51. The molecule has 2 fully saturated rings. The van der Waals surface area contributed by atoms with Gasteiger partial charge in [0.25, 0.3) is 5.91 Å². The number of rotatable bonds is 6. The van der Waals surface area contributed by atoms with E-state index >= 15 is 0 Å². The Morgan fingerprint density at radius 2 is 1.93 bits per heavy atom. The van der Waals surface area contributed by atoms with E-state index in [4.69, 9.17) is 4.74 Å². The van der Waals surface area contributed by atoms with Crippen molar-refractivity contribution in [3.63, 3.8) is 0 Å². The van der Waals surface area contributed by atoms with Crippen LogP contribution in [0.1, 0.15) is 40.7 Å². The standard InChI is InChI=1S/C25H26N2O2/c1-17-9-10-20(29-16-19-11-14-26-19)15-22(17)24(28)27-25(12-13-25)23-8-4-6-18-5-2-3-7-21(18)23/h2-10,15,19,26H,11-14,16H2,1H3,(H,27,28)/t19-/m0/s1. The molecule has 1 atom stereocenters. The fraction of sp³-hybridized carbons (Fsp3) is 0.320. The zero-order valence-electron chi connectivity index (χ0n) is 16.7. The normalized spacial score (nSPS) is 19.4. The fourth-order valence-corrected chi connectivity index (χ4v) is 4.14. The second-order valence-corrected chi connectivity index (χ2v) is 8.29. The highest BCUT2D eigenvalue weighted by Crippen LogP contribution is 2.48. The van der Waals surface area contributed by atoms with Gasteiger partial charge in [0.15, 0.2) is 0 Å². The van der Waals surface area contributed by atoms with E-state index in [0.717, 1.165) is 37.1 Å². The SMILES string of the molecule is Cc1ccc(OC[C@@H]2CCN2)cc1C(=O)NC1(c2cccc3ccccc23)CC1. The molecule has 1 saturated heterocycles. The van der Waals surface area contributed by atoms with Crippen molar-refractivity contribution in [1.82, 2.24) is 10.6 Å². The molecule has 2 aliphatic rings. The van der Waals surface area contributed by atoms with Gasteiger partial charge in [0.2, 0.25) is 0 Å². The van der Waals surface area contributed by atoms with E-state index < -0.39 is 0 Å². The van der Waals surface area contributed by atoms with E-state index in [-0.39, 0.29) is 11.4 Å². The lowest BCUT2D eigenvalue weighted by atomic mass is 9.96. The second kappa shape index (κ2) is 7.20. The molecule has 3 aromatic rings. The highest BCUT2D eigenvalue weighted by atomic mass is 16.5. The smallest absolute Gasteiger partial charge is 0.252 e. The molecule has 5 rings (SSSR count). The number of hydrogen-bond acceptors (Lipinski definition) is 3. The summed E-state index contributed by atoms with van der Waals surface area (Å²) < 4.78 is 5.90. The molecule has 0 unspecified atom stereocenters. The predicted molar refractivity (Wildman–Crippen MR) is 115 cm³/mol. The van der Waals surface area contributed by atoms with Crippen molar-refractivity contribution < 1.29 is 9.53 Å². The minimum Gasteiger partial charge on any atom is -0.492 e. The lowest BCUT2D eigenvalue weighted by Crippen LogP contribution is -2.46. The predicted octanol–water partition coefficient (Wildman–Crippen LogP) is 4.31. The second-order valence-electron chi connectivity index (χ2n) is 8.29. The molecule has 4 heteroatoms. The molecule has 4 nitrogen and oxygen atoms in total. The van der Waals surface area contributed by atoms with E-state index in [1.807, 2.05) is 25.1 Å². The molecular weight excluding hydrogens is 360 g/mol. The van der Waals surface area contributed by atoms with Crippen LogP contribution < -0.4 is 15.4 Å². The highest BCUT2D eigenvalue weighted by Gasteiger charge is 2.46. The number of carbonyl (C=O) groups excluding carboxylic acids is 1. The van der Waals surface area contributed by atoms with E-state index in [9.17, 15) is 4.79 Å². The average Bonchev–Trinajstić information content (AvgIpc) is 3.48. The van der Waals surface area contributed by atoms with E-state index in [1.54, 1.807) is 0 Å². The Balaban J connectivity index is 1.38. The maximum Gasteiger partial charge on any atom is 0.252 e. The summed E-state index contributed by atoms with van der Waals surface area (Å²) in [6.07, 6.45) is 3.08. The molecule has 1 amide bonds. The van der Waals surface area contributed by atoms with Crippen LogP contribution in [0.4, 0.5) is 0 Å². The van der Waals surface area contributed by atoms with Gasteiger partial charge in [0.05, 0.1) is 5.54 Å². The topological polar surface area (TPSA) is 50.4 Å². The van der Waals surface area contributed by atoms with E-state index in [2.05, 4.69) is 53.1 Å². The maximum absolute atomic E-state index is 13.2. The van der Waals surface area contributed by atoms with Crippen LogP contribution in [0.3, 0.4) is 0 Å². The van der Waals surface area contributed by atoms with Crippen LogP contribution in [0.15, 0.2) is 60.7 Å². The molecule has 1 saturated carbocycles. The van der Waals surface area contributed by atoms with Crippen molar-refractivity contribution in [3.05, 3.63) is 77.4 Å². The third-order valence-electron chi connectivity index (χ3n) is 6.24. The number of fused-ring (bicyclic) bond motifs is 1. The molecule has 1 aliphatic carbocycles. The zero-order chi connectivity index (χ0) is 19.8. The molecule has 0 aromatic heterocycles. The van der Waals surface area contributed by atoms with E-state index in [0.29, 0.717) is 18.2 Å². The van der Waals surface area contributed by atoms with Gasteiger partial charge in [-0.1, -0.05) is 48.5 Å². The Morgan fingerprint density at radius 1 is 1.14 bits per heavy atom. The summed E-state index contributed by atoms with van der Waals surface area (Å²) in [7, 11) is 0. The van der Waals surface area contributed by atoms with Crippen LogP contribution in [0.25, 0.3) is 10.8 Å². The van der Waals surface area contributed by atoms with Crippen molar-refractivity contribution in [2.75, 3.05) is 13.2 Å². The number of carbonyl (C=O) groups is 1. The van der Waals surface area contributed by atoms with Gasteiger partial charge in [-0.05, 0) is 66.8 Å². The summed E-state index contributed by atoms with van der Waals surface area (Å²) in [5.74, 6) is 0.726. The van der Waals surface area contributed by atoms with Crippen molar-refractivity contribution in [1.29, 1.82) is 0 Å². The van der Waals surface area contributed by atoms with Gasteiger partial charge in [-0.25, -0.2) is 0 Å². The van der Waals surface area contributed by atoms with Gasteiger partial charge in [0, 0.05) is 11.6 Å². The van der Waals surface area contributed by atoms with Crippen molar-refractivity contribution in [3.8, 4) is 5.75 Å². The summed E-state index contributed by atoms with van der Waals surface area (Å²) in [6.45, 7) is 3.68. The first-order valence-electron chi connectivity index (χ1n) is 10.4. The molecule has 29 heavy (non-hydrogen) atoms. The Labute approximate surface area is 171 Å². The van der Waals surface area contributed by atoms with Gasteiger partial charge >= 0.3 is 0 Å². The van der Waals surface area contributed by atoms with Gasteiger partial charge in [0.1, 0.15) is 12.4 Å². The lowest BCUT2D eigenvalue weighted by Gasteiger charge is -2.27. The first-order valence-corrected chi connectivity index (χ1v) is 10.4. The molecule has 0 radical (unpaired) electrons. The molecule has 1 heterocycles. The van der Waals surface area contributed by atoms with Crippen LogP contribution >= 0.6 is 0 Å². The fourth-order valence-electron chi connectivity index (χ4n) is 4.14. The number of amides is 1. The monoisotopic (exact) mass is 386 g/mol.